The number of nitrogens with zero attached hydrogens (tertiary/aromatic N) is 4. The highest BCUT2D eigenvalue weighted by atomic mass is 35.5. The number of methoxy groups -OCH3 is 2. The molecular formula is C70H80Cl2F9N7O11. The molecule has 0 bridgehead atoms. The van der Waals surface area contributed by atoms with E-state index in [1.54, 1.807) is 93.7 Å². The standard InChI is InChI=1S/C20H22ClF3N2O2.C20H23F3N2O3.C16H13ClF3NO3.C14H22N2O3/c1-4-28-18-8-6-5-7-15(18)19(27)26(12-11-25(2)3)14-9-10-17(21)16(13-14)20(22,23)24;1-4-27-16-9-6-10-17(28-12-11-25(2)3)18(16)19(26)24-15-8-5-7-14(13-15)20(21,22)23;1-23-12-4-3-5-13(24-2)14(12)15(22)21-9-6-7-11(17)10(8-9)16(18,19)20;1-5-18-11-7-6-8-12(13(11)14(17)15-2)19-10-9-16(3)4/h5-10,13H,4,11-12H2,1-3H3;5-10,13H,4,11-12H2,1-3H3,(H,24,26);3-8H,1-2H3,(H,21,22);6-8H,5,9-10H2,1-4H3,(H,15,17). The molecule has 99 heavy (non-hydrogen) atoms. The number of halogens is 11. The zero-order valence-corrected chi connectivity index (χ0v) is 58.1. The van der Waals surface area contributed by atoms with Crippen molar-refractivity contribution < 1.29 is 91.8 Å². The molecule has 0 saturated heterocycles. The topological polar surface area (TPSA) is 182 Å². The number of carbonyl (C=O) groups excluding carboxylic acids is 4. The highest BCUT2D eigenvalue weighted by Crippen LogP contribution is 2.40. The van der Waals surface area contributed by atoms with Gasteiger partial charge in [-0.3, -0.25) is 19.2 Å². The monoisotopic (exact) mass is 1440 g/mol. The van der Waals surface area contributed by atoms with Gasteiger partial charge in [-0.2, -0.15) is 39.5 Å². The molecule has 0 unspecified atom stereocenters. The van der Waals surface area contributed by atoms with E-state index in [2.05, 4.69) is 16.0 Å². The van der Waals surface area contributed by atoms with Gasteiger partial charge in [0.15, 0.2) is 0 Å². The summed E-state index contributed by atoms with van der Waals surface area (Å²) in [7, 11) is 15.7. The van der Waals surface area contributed by atoms with Crippen molar-refractivity contribution in [1.29, 1.82) is 0 Å². The Morgan fingerprint density at radius 3 is 1.26 bits per heavy atom. The molecule has 0 aliphatic carbocycles. The number of nitrogens with one attached hydrogen (secondary N) is 3. The largest absolute Gasteiger partial charge is 0.496 e. The van der Waals surface area contributed by atoms with Gasteiger partial charge in [-0.25, -0.2) is 0 Å². The normalized spacial score (nSPS) is 11.2. The predicted molar refractivity (Wildman–Crippen MR) is 364 cm³/mol. The SMILES string of the molecule is CCOc1cccc(OCCN(C)C)c1C(=O)NC.CCOc1cccc(OCCN(C)C)c1C(=O)Nc1cccc(C(F)(F)F)c1.CCOc1ccccc1C(=O)N(CCN(C)C)c1ccc(Cl)c(C(F)(F)F)c1.COc1cccc(OC)c1C(=O)Nc1ccc(Cl)c(C(F)(F)F)c1. The quantitative estimate of drug-likeness (QED) is 0.0436. The van der Waals surface area contributed by atoms with Gasteiger partial charge in [-0.1, -0.05) is 59.6 Å². The Morgan fingerprint density at radius 2 is 0.818 bits per heavy atom. The van der Waals surface area contributed by atoms with E-state index in [1.165, 1.54) is 43.4 Å². The summed E-state index contributed by atoms with van der Waals surface area (Å²) in [6.07, 6.45) is -13.7. The first-order valence-electron chi connectivity index (χ1n) is 30.5. The van der Waals surface area contributed by atoms with Gasteiger partial charge < -0.3 is 68.7 Å². The lowest BCUT2D eigenvalue weighted by atomic mass is 10.1. The van der Waals surface area contributed by atoms with E-state index in [4.69, 9.17) is 56.4 Å². The number of amides is 4. The Balaban J connectivity index is 0.000000283. The molecule has 0 atom stereocenters. The van der Waals surface area contributed by atoms with Gasteiger partial charge in [0.1, 0.15) is 70.2 Å². The van der Waals surface area contributed by atoms with Crippen LogP contribution in [-0.2, 0) is 18.5 Å². The van der Waals surface area contributed by atoms with Crippen molar-refractivity contribution >= 4 is 63.9 Å². The maximum absolute atomic E-state index is 13.3. The van der Waals surface area contributed by atoms with Crippen LogP contribution in [0.25, 0.3) is 0 Å². The molecule has 18 nitrogen and oxygen atoms in total. The lowest BCUT2D eigenvalue weighted by Crippen LogP contribution is -2.37. The molecule has 0 saturated carbocycles. The van der Waals surface area contributed by atoms with E-state index in [0.717, 1.165) is 42.9 Å². The predicted octanol–water partition coefficient (Wildman–Crippen LogP) is 15.3. The molecule has 0 heterocycles. The molecule has 7 aromatic carbocycles. The van der Waals surface area contributed by atoms with Crippen LogP contribution in [0.3, 0.4) is 0 Å². The Bertz CT molecular complexity index is 3740. The number of para-hydroxylation sites is 1. The second-order valence-electron chi connectivity index (χ2n) is 21.6. The average Bonchev–Trinajstić information content (AvgIpc) is 0.817. The molecule has 29 heteroatoms. The van der Waals surface area contributed by atoms with Gasteiger partial charge in [-0.15, -0.1) is 0 Å². The lowest BCUT2D eigenvalue weighted by molar-refractivity contribution is -0.138. The maximum Gasteiger partial charge on any atom is 0.417 e. The number of carbonyl (C=O) groups is 4. The van der Waals surface area contributed by atoms with Crippen molar-refractivity contribution in [3.8, 4) is 40.2 Å². The Labute approximate surface area is 579 Å². The fraction of sp³-hybridized carbons (Fsp3) is 0.343. The molecule has 7 rings (SSSR count). The highest BCUT2D eigenvalue weighted by molar-refractivity contribution is 6.32. The maximum atomic E-state index is 13.3. The van der Waals surface area contributed by atoms with Crippen LogP contribution < -0.4 is 54.0 Å². The van der Waals surface area contributed by atoms with Crippen molar-refractivity contribution in [3.05, 3.63) is 189 Å². The number of anilines is 3. The van der Waals surface area contributed by atoms with E-state index in [-0.39, 0.29) is 57.7 Å². The zero-order valence-electron chi connectivity index (χ0n) is 56.6. The Morgan fingerprint density at radius 1 is 0.424 bits per heavy atom. The first-order valence-corrected chi connectivity index (χ1v) is 31.2. The molecular weight excluding hydrogens is 1360 g/mol. The van der Waals surface area contributed by atoms with Crippen LogP contribution in [0, 0.1) is 0 Å². The second kappa shape index (κ2) is 39.4. The highest BCUT2D eigenvalue weighted by Gasteiger charge is 2.36. The minimum Gasteiger partial charge on any atom is -0.496 e. The van der Waals surface area contributed by atoms with Gasteiger partial charge >= 0.3 is 18.5 Å². The van der Waals surface area contributed by atoms with E-state index >= 15 is 0 Å². The third-order valence-electron chi connectivity index (χ3n) is 13.5. The number of alkyl halides is 9. The van der Waals surface area contributed by atoms with Crippen molar-refractivity contribution in [2.75, 3.05) is 138 Å². The smallest absolute Gasteiger partial charge is 0.417 e. The summed E-state index contributed by atoms with van der Waals surface area (Å²) in [5.74, 6) is 0.625. The number of rotatable bonds is 26. The second-order valence-corrected chi connectivity index (χ2v) is 22.4. The van der Waals surface area contributed by atoms with E-state index in [1.807, 2.05) is 70.0 Å². The van der Waals surface area contributed by atoms with Crippen LogP contribution in [0.15, 0.2) is 140 Å². The summed E-state index contributed by atoms with van der Waals surface area (Å²) >= 11 is 11.3. The summed E-state index contributed by atoms with van der Waals surface area (Å²) in [6.45, 7) is 9.58. The first-order chi connectivity index (χ1) is 46.7. The summed E-state index contributed by atoms with van der Waals surface area (Å²) < 4.78 is 155. The molecule has 7 aromatic rings. The number of benzene rings is 7. The van der Waals surface area contributed by atoms with Gasteiger partial charge in [0.25, 0.3) is 23.6 Å². The summed E-state index contributed by atoms with van der Waals surface area (Å²) in [6, 6.07) is 32.7. The van der Waals surface area contributed by atoms with Crippen LogP contribution in [0.4, 0.5) is 56.6 Å². The number of ether oxygens (including phenoxy) is 7. The van der Waals surface area contributed by atoms with Crippen molar-refractivity contribution in [3.63, 3.8) is 0 Å². The minimum absolute atomic E-state index is 0.0327. The molecule has 0 aliphatic heterocycles. The van der Waals surface area contributed by atoms with Gasteiger partial charge in [0.2, 0.25) is 0 Å². The molecule has 0 aliphatic rings. The van der Waals surface area contributed by atoms with Gasteiger partial charge in [0, 0.05) is 50.3 Å². The van der Waals surface area contributed by atoms with Crippen LogP contribution in [0.1, 0.15) is 78.9 Å². The van der Waals surface area contributed by atoms with Crippen molar-refractivity contribution in [1.82, 2.24) is 20.0 Å². The van der Waals surface area contributed by atoms with E-state index in [0.29, 0.717) is 80.4 Å². The fourth-order valence-corrected chi connectivity index (χ4v) is 9.18. The van der Waals surface area contributed by atoms with E-state index < -0.39 is 63.0 Å². The number of hydrogen-bond acceptors (Lipinski definition) is 14. The molecule has 4 amide bonds. The fourth-order valence-electron chi connectivity index (χ4n) is 8.74. The van der Waals surface area contributed by atoms with Gasteiger partial charge in [-0.05, 0) is 166 Å². The summed E-state index contributed by atoms with van der Waals surface area (Å²) in [4.78, 5) is 57.5. The van der Waals surface area contributed by atoms with Crippen molar-refractivity contribution in [2.24, 2.45) is 0 Å². The summed E-state index contributed by atoms with van der Waals surface area (Å²) in [5.41, 5.74) is -1.80. The minimum atomic E-state index is -4.63. The third kappa shape index (κ3) is 25.6. The molecule has 538 valence electrons. The lowest BCUT2D eigenvalue weighted by Gasteiger charge is -2.26. The first kappa shape index (κ1) is 82.3. The molecule has 0 aromatic heterocycles. The average molecular weight is 1440 g/mol. The van der Waals surface area contributed by atoms with Crippen LogP contribution in [0.5, 0.6) is 40.2 Å². The third-order valence-corrected chi connectivity index (χ3v) is 14.1. The van der Waals surface area contributed by atoms with Gasteiger partial charge in [0.05, 0.1) is 66.3 Å². The number of likely N-dealkylation sites (N-methyl/N-ethyl adjacent to an activating group) is 3. The molecule has 3 N–H and O–H groups in total. The Kier molecular flexibility index (Phi) is 32.8. The van der Waals surface area contributed by atoms with Crippen LogP contribution in [-0.4, -0.2) is 161 Å². The molecule has 0 radical (unpaired) electrons. The van der Waals surface area contributed by atoms with Crippen molar-refractivity contribution in [2.45, 2.75) is 39.3 Å². The van der Waals surface area contributed by atoms with Crippen LogP contribution in [0.2, 0.25) is 10.0 Å². The number of hydrogen-bond donors (Lipinski definition) is 3. The van der Waals surface area contributed by atoms with Crippen LogP contribution >= 0.6 is 23.2 Å². The molecule has 0 spiro atoms. The molecule has 0 fully saturated rings. The Hall–Kier alpha value is -9.15. The summed E-state index contributed by atoms with van der Waals surface area (Å²) in [5, 5.41) is 6.64. The van der Waals surface area contributed by atoms with E-state index in [9.17, 15) is 58.7 Å². The zero-order chi connectivity index (χ0) is 73.8.